The summed E-state index contributed by atoms with van der Waals surface area (Å²) in [5, 5.41) is 4.21. The van der Waals surface area contributed by atoms with E-state index in [4.69, 9.17) is 0 Å². The van der Waals surface area contributed by atoms with Gasteiger partial charge in [-0.3, -0.25) is 4.79 Å². The standard InChI is InChI=1S/C26H27N5OS/c1-18-7-6-10-22(19(18)2)30-11-13-31(14-12-30)24(32)16-27-25-21-15-23(20-8-4-3-5-9-20)33-26(21)29-17-28-25/h3-10,15,17H,11-14,16H2,1-2H3,(H,27,28,29). The summed E-state index contributed by atoms with van der Waals surface area (Å²) in [4.78, 5) is 28.1. The highest BCUT2D eigenvalue weighted by Gasteiger charge is 2.22. The molecule has 4 aromatic rings. The van der Waals surface area contributed by atoms with Gasteiger partial charge in [-0.2, -0.15) is 0 Å². The van der Waals surface area contributed by atoms with Gasteiger partial charge in [-0.25, -0.2) is 9.97 Å². The number of carbonyl (C=O) groups excluding carboxylic acids is 1. The van der Waals surface area contributed by atoms with Crippen LogP contribution in [-0.2, 0) is 4.79 Å². The van der Waals surface area contributed by atoms with Gasteiger partial charge in [-0.1, -0.05) is 42.5 Å². The minimum Gasteiger partial charge on any atom is -0.368 e. The number of amides is 1. The molecule has 0 saturated carbocycles. The van der Waals surface area contributed by atoms with Crippen molar-refractivity contribution in [3.8, 4) is 10.4 Å². The minimum absolute atomic E-state index is 0.0980. The highest BCUT2D eigenvalue weighted by molar-refractivity contribution is 7.21. The van der Waals surface area contributed by atoms with Crippen molar-refractivity contribution in [3.05, 3.63) is 72.1 Å². The van der Waals surface area contributed by atoms with Crippen LogP contribution in [0.15, 0.2) is 60.9 Å². The molecule has 2 aromatic heterocycles. The number of anilines is 2. The molecule has 2 aromatic carbocycles. The average molecular weight is 458 g/mol. The fourth-order valence-electron chi connectivity index (χ4n) is 4.29. The van der Waals surface area contributed by atoms with Crippen LogP contribution in [0.3, 0.4) is 0 Å². The molecule has 3 heterocycles. The van der Waals surface area contributed by atoms with Crippen molar-refractivity contribution in [2.45, 2.75) is 13.8 Å². The molecular formula is C26H27N5OS. The van der Waals surface area contributed by atoms with Gasteiger partial charge in [0.05, 0.1) is 11.9 Å². The van der Waals surface area contributed by atoms with E-state index in [2.05, 4.69) is 70.4 Å². The number of nitrogens with zero attached hydrogens (tertiary/aromatic N) is 4. The fourth-order valence-corrected chi connectivity index (χ4v) is 5.29. The smallest absolute Gasteiger partial charge is 0.242 e. The van der Waals surface area contributed by atoms with Crippen LogP contribution >= 0.6 is 11.3 Å². The molecule has 0 atom stereocenters. The molecule has 0 aliphatic carbocycles. The maximum Gasteiger partial charge on any atom is 0.242 e. The van der Waals surface area contributed by atoms with E-state index in [-0.39, 0.29) is 12.5 Å². The van der Waals surface area contributed by atoms with Crippen LogP contribution in [0.1, 0.15) is 11.1 Å². The lowest BCUT2D eigenvalue weighted by Crippen LogP contribution is -2.50. The summed E-state index contributed by atoms with van der Waals surface area (Å²) < 4.78 is 0. The molecule has 33 heavy (non-hydrogen) atoms. The van der Waals surface area contributed by atoms with Crippen LogP contribution in [0.5, 0.6) is 0 Å². The molecule has 0 bridgehead atoms. The average Bonchev–Trinajstić information content (AvgIpc) is 3.30. The Kier molecular flexibility index (Phi) is 5.96. The van der Waals surface area contributed by atoms with Gasteiger partial charge in [-0.15, -0.1) is 11.3 Å². The lowest BCUT2D eigenvalue weighted by Gasteiger charge is -2.37. The van der Waals surface area contributed by atoms with Crippen molar-refractivity contribution in [1.82, 2.24) is 14.9 Å². The first kappa shape index (κ1) is 21.4. The van der Waals surface area contributed by atoms with E-state index >= 15 is 0 Å². The second kappa shape index (κ2) is 9.19. The van der Waals surface area contributed by atoms with Crippen LogP contribution in [0.2, 0.25) is 0 Å². The molecule has 0 spiro atoms. The number of nitrogens with one attached hydrogen (secondary N) is 1. The molecule has 1 aliphatic heterocycles. The third-order valence-electron chi connectivity index (χ3n) is 6.34. The number of aromatic nitrogens is 2. The van der Waals surface area contributed by atoms with Crippen LogP contribution in [0.25, 0.3) is 20.7 Å². The first-order valence-electron chi connectivity index (χ1n) is 11.2. The molecule has 0 unspecified atom stereocenters. The topological polar surface area (TPSA) is 61.4 Å². The van der Waals surface area contributed by atoms with Gasteiger partial charge < -0.3 is 15.1 Å². The Morgan fingerprint density at radius 3 is 2.58 bits per heavy atom. The van der Waals surface area contributed by atoms with E-state index < -0.39 is 0 Å². The Bertz CT molecular complexity index is 1280. The summed E-state index contributed by atoms with van der Waals surface area (Å²) in [7, 11) is 0. The van der Waals surface area contributed by atoms with Crippen molar-refractivity contribution < 1.29 is 4.79 Å². The summed E-state index contributed by atoms with van der Waals surface area (Å²) in [6, 6.07) is 18.8. The monoisotopic (exact) mass is 457 g/mol. The number of aryl methyl sites for hydroxylation is 1. The number of thiophene rings is 1. The van der Waals surface area contributed by atoms with E-state index in [1.165, 1.54) is 16.8 Å². The zero-order valence-corrected chi connectivity index (χ0v) is 19.7. The molecule has 168 valence electrons. The van der Waals surface area contributed by atoms with Crippen molar-refractivity contribution in [2.24, 2.45) is 0 Å². The number of hydrogen-bond acceptors (Lipinski definition) is 6. The normalized spacial score (nSPS) is 14.0. The van der Waals surface area contributed by atoms with Gasteiger partial charge in [0, 0.05) is 36.7 Å². The van der Waals surface area contributed by atoms with Crippen LogP contribution < -0.4 is 10.2 Å². The second-order valence-corrected chi connectivity index (χ2v) is 9.39. The number of hydrogen-bond donors (Lipinski definition) is 1. The van der Waals surface area contributed by atoms with Crippen molar-refractivity contribution in [2.75, 3.05) is 42.9 Å². The molecule has 1 fully saturated rings. The van der Waals surface area contributed by atoms with E-state index in [0.717, 1.165) is 46.8 Å². The number of fused-ring (bicyclic) bond motifs is 1. The quantitative estimate of drug-likeness (QED) is 0.469. The summed E-state index contributed by atoms with van der Waals surface area (Å²) in [5.74, 6) is 0.807. The lowest BCUT2D eigenvalue weighted by molar-refractivity contribution is -0.129. The molecular weight excluding hydrogens is 430 g/mol. The largest absolute Gasteiger partial charge is 0.368 e. The van der Waals surface area contributed by atoms with Gasteiger partial charge in [0.15, 0.2) is 0 Å². The number of rotatable bonds is 5. The molecule has 6 nitrogen and oxygen atoms in total. The third kappa shape index (κ3) is 4.41. The predicted molar refractivity (Wildman–Crippen MR) is 136 cm³/mol. The highest BCUT2D eigenvalue weighted by atomic mass is 32.1. The van der Waals surface area contributed by atoms with Crippen LogP contribution in [0.4, 0.5) is 11.5 Å². The number of carbonyl (C=O) groups is 1. The van der Waals surface area contributed by atoms with Crippen LogP contribution in [0, 0.1) is 13.8 Å². The Balaban J connectivity index is 1.23. The van der Waals surface area contributed by atoms with E-state index in [1.807, 2.05) is 23.1 Å². The number of benzene rings is 2. The van der Waals surface area contributed by atoms with Crippen molar-refractivity contribution in [3.63, 3.8) is 0 Å². The molecule has 7 heteroatoms. The molecule has 1 N–H and O–H groups in total. The summed E-state index contributed by atoms with van der Waals surface area (Å²) in [5.41, 5.74) is 5.05. The zero-order chi connectivity index (χ0) is 22.8. The van der Waals surface area contributed by atoms with Gasteiger partial charge in [0.25, 0.3) is 0 Å². The van der Waals surface area contributed by atoms with E-state index in [1.54, 1.807) is 17.7 Å². The Morgan fingerprint density at radius 2 is 1.79 bits per heavy atom. The van der Waals surface area contributed by atoms with Gasteiger partial charge >= 0.3 is 0 Å². The Hall–Kier alpha value is -3.45. The van der Waals surface area contributed by atoms with Crippen molar-refractivity contribution >= 4 is 39.0 Å². The highest BCUT2D eigenvalue weighted by Crippen LogP contribution is 2.34. The van der Waals surface area contributed by atoms with E-state index in [0.29, 0.717) is 5.82 Å². The minimum atomic E-state index is 0.0980. The Morgan fingerprint density at radius 1 is 1.00 bits per heavy atom. The fraction of sp³-hybridized carbons (Fsp3) is 0.269. The first-order valence-corrected chi connectivity index (χ1v) is 12.0. The third-order valence-corrected chi connectivity index (χ3v) is 7.44. The summed E-state index contributed by atoms with van der Waals surface area (Å²) in [6.07, 6.45) is 1.56. The van der Waals surface area contributed by atoms with Crippen molar-refractivity contribution in [1.29, 1.82) is 0 Å². The maximum atomic E-state index is 12.9. The Labute approximate surface area is 197 Å². The molecule has 1 amide bonds. The van der Waals surface area contributed by atoms with Crippen LogP contribution in [-0.4, -0.2) is 53.5 Å². The first-order chi connectivity index (χ1) is 16.1. The SMILES string of the molecule is Cc1cccc(N2CCN(C(=O)CNc3ncnc4sc(-c5ccccc5)cc34)CC2)c1C. The second-order valence-electron chi connectivity index (χ2n) is 8.36. The zero-order valence-electron chi connectivity index (χ0n) is 18.9. The van der Waals surface area contributed by atoms with Gasteiger partial charge in [-0.05, 0) is 42.7 Å². The molecule has 0 radical (unpaired) electrons. The van der Waals surface area contributed by atoms with Gasteiger partial charge in [0.2, 0.25) is 5.91 Å². The number of piperazine rings is 1. The van der Waals surface area contributed by atoms with Gasteiger partial charge in [0.1, 0.15) is 17.0 Å². The predicted octanol–water partition coefficient (Wildman–Crippen LogP) is 4.74. The molecule has 5 rings (SSSR count). The summed E-state index contributed by atoms with van der Waals surface area (Å²) >= 11 is 1.64. The maximum absolute atomic E-state index is 12.9. The van der Waals surface area contributed by atoms with E-state index in [9.17, 15) is 4.79 Å². The molecule has 1 aliphatic rings. The summed E-state index contributed by atoms with van der Waals surface area (Å²) in [6.45, 7) is 7.68. The lowest BCUT2D eigenvalue weighted by atomic mass is 10.1. The molecule has 1 saturated heterocycles.